The number of nitrogens with two attached hydrogens (primary N) is 1. The van der Waals surface area contributed by atoms with Crippen LogP contribution < -0.4 is 11.1 Å². The summed E-state index contributed by atoms with van der Waals surface area (Å²) in [6.07, 6.45) is 4.64. The summed E-state index contributed by atoms with van der Waals surface area (Å²) in [6.45, 7) is 0.462. The molecule has 1 fully saturated rings. The summed E-state index contributed by atoms with van der Waals surface area (Å²) in [5.41, 5.74) is 6.42. The molecule has 2 rings (SSSR count). The standard InChI is InChI=1S/C15H19N3O/c16-10-12-4-6-13(7-5-12)14(19)18-15(11-17)8-2-1-3-9-15/h4-7H,1-3,8-10,16H2,(H,18,19). The van der Waals surface area contributed by atoms with Gasteiger partial charge < -0.3 is 11.1 Å². The van der Waals surface area contributed by atoms with E-state index in [4.69, 9.17) is 5.73 Å². The summed E-state index contributed by atoms with van der Waals surface area (Å²) in [4.78, 5) is 12.2. The van der Waals surface area contributed by atoms with E-state index in [1.165, 1.54) is 0 Å². The van der Waals surface area contributed by atoms with Gasteiger partial charge in [0.15, 0.2) is 0 Å². The van der Waals surface area contributed by atoms with Gasteiger partial charge in [0.25, 0.3) is 5.91 Å². The van der Waals surface area contributed by atoms with Crippen LogP contribution in [0.1, 0.15) is 48.0 Å². The van der Waals surface area contributed by atoms with E-state index in [0.29, 0.717) is 12.1 Å². The molecule has 1 aliphatic rings. The van der Waals surface area contributed by atoms with Gasteiger partial charge in [-0.3, -0.25) is 4.79 Å². The summed E-state index contributed by atoms with van der Waals surface area (Å²) in [5, 5.41) is 12.2. The third-order valence-corrected chi connectivity index (χ3v) is 3.73. The van der Waals surface area contributed by atoms with Gasteiger partial charge in [0.05, 0.1) is 6.07 Å². The number of hydrogen-bond donors (Lipinski definition) is 2. The number of carbonyl (C=O) groups is 1. The molecule has 4 heteroatoms. The molecule has 0 aromatic heterocycles. The Hall–Kier alpha value is -1.86. The number of carbonyl (C=O) groups excluding carboxylic acids is 1. The quantitative estimate of drug-likeness (QED) is 0.870. The molecule has 0 aliphatic heterocycles. The topological polar surface area (TPSA) is 78.9 Å². The first-order valence-corrected chi connectivity index (χ1v) is 6.72. The maximum atomic E-state index is 12.2. The molecule has 1 saturated carbocycles. The van der Waals surface area contributed by atoms with Crippen LogP contribution in [-0.4, -0.2) is 11.4 Å². The number of benzene rings is 1. The van der Waals surface area contributed by atoms with Gasteiger partial charge in [-0.05, 0) is 30.5 Å². The highest BCUT2D eigenvalue weighted by atomic mass is 16.1. The molecule has 0 unspecified atom stereocenters. The SMILES string of the molecule is N#CC1(NC(=O)c2ccc(CN)cc2)CCCCC1. The summed E-state index contributed by atoms with van der Waals surface area (Å²) in [5.74, 6) is -0.174. The normalized spacial score (nSPS) is 17.5. The molecule has 0 saturated heterocycles. The average molecular weight is 257 g/mol. The van der Waals surface area contributed by atoms with Crippen molar-refractivity contribution in [3.8, 4) is 6.07 Å². The Balaban J connectivity index is 2.08. The Morgan fingerprint density at radius 3 is 2.42 bits per heavy atom. The van der Waals surface area contributed by atoms with Gasteiger partial charge in [0.2, 0.25) is 0 Å². The Morgan fingerprint density at radius 1 is 1.26 bits per heavy atom. The lowest BCUT2D eigenvalue weighted by atomic mass is 9.82. The van der Waals surface area contributed by atoms with Gasteiger partial charge >= 0.3 is 0 Å². The van der Waals surface area contributed by atoms with Crippen LogP contribution in [0.3, 0.4) is 0 Å². The van der Waals surface area contributed by atoms with Gasteiger partial charge in [-0.1, -0.05) is 31.4 Å². The molecule has 3 N–H and O–H groups in total. The molecule has 1 aromatic carbocycles. The van der Waals surface area contributed by atoms with Crippen LogP contribution in [0.4, 0.5) is 0 Å². The predicted octanol–water partition coefficient (Wildman–Crippen LogP) is 2.10. The van der Waals surface area contributed by atoms with Crippen LogP contribution in [-0.2, 0) is 6.54 Å². The van der Waals surface area contributed by atoms with Crippen LogP contribution in [0.25, 0.3) is 0 Å². The molecule has 0 bridgehead atoms. The minimum atomic E-state index is -0.679. The van der Waals surface area contributed by atoms with Crippen molar-refractivity contribution in [2.45, 2.75) is 44.2 Å². The molecule has 100 valence electrons. The Kier molecular flexibility index (Phi) is 4.18. The van der Waals surface area contributed by atoms with Gasteiger partial charge in [-0.15, -0.1) is 0 Å². The van der Waals surface area contributed by atoms with Crippen molar-refractivity contribution in [2.24, 2.45) is 5.73 Å². The lowest BCUT2D eigenvalue weighted by molar-refractivity contribution is 0.0902. The summed E-state index contributed by atoms with van der Waals surface area (Å²) >= 11 is 0. The molecule has 1 amide bonds. The maximum Gasteiger partial charge on any atom is 0.252 e. The number of amides is 1. The first-order valence-electron chi connectivity index (χ1n) is 6.72. The Labute approximate surface area is 113 Å². The van der Waals surface area contributed by atoms with Crippen LogP contribution in [0.15, 0.2) is 24.3 Å². The van der Waals surface area contributed by atoms with Crippen molar-refractivity contribution in [3.63, 3.8) is 0 Å². The minimum absolute atomic E-state index is 0.174. The largest absolute Gasteiger partial charge is 0.334 e. The van der Waals surface area contributed by atoms with E-state index in [2.05, 4.69) is 11.4 Å². The molecule has 0 atom stereocenters. The summed E-state index contributed by atoms with van der Waals surface area (Å²) in [7, 11) is 0. The van der Waals surface area contributed by atoms with Gasteiger partial charge in [-0.25, -0.2) is 0 Å². The zero-order valence-electron chi connectivity index (χ0n) is 11.0. The van der Waals surface area contributed by atoms with Gasteiger partial charge in [-0.2, -0.15) is 5.26 Å². The van der Waals surface area contributed by atoms with Gasteiger partial charge in [0, 0.05) is 12.1 Å². The second-order valence-corrected chi connectivity index (χ2v) is 5.11. The Morgan fingerprint density at radius 2 is 1.89 bits per heavy atom. The maximum absolute atomic E-state index is 12.2. The molecule has 1 aliphatic carbocycles. The first-order chi connectivity index (χ1) is 9.19. The third kappa shape index (κ3) is 3.12. The highest BCUT2D eigenvalue weighted by Gasteiger charge is 2.33. The molecule has 0 radical (unpaired) electrons. The predicted molar refractivity (Wildman–Crippen MR) is 73.2 cm³/mol. The van der Waals surface area contributed by atoms with E-state index in [9.17, 15) is 10.1 Å². The van der Waals surface area contributed by atoms with E-state index < -0.39 is 5.54 Å². The first kappa shape index (κ1) is 13.6. The number of rotatable bonds is 3. The number of nitrogens with one attached hydrogen (secondary N) is 1. The molecular formula is C15H19N3O. The van der Waals surface area contributed by atoms with E-state index in [0.717, 1.165) is 37.7 Å². The highest BCUT2D eigenvalue weighted by molar-refractivity contribution is 5.95. The third-order valence-electron chi connectivity index (χ3n) is 3.73. The minimum Gasteiger partial charge on any atom is -0.334 e. The molecule has 0 spiro atoms. The fourth-order valence-electron chi connectivity index (χ4n) is 2.50. The summed E-state index contributed by atoms with van der Waals surface area (Å²) < 4.78 is 0. The fourth-order valence-corrected chi connectivity index (χ4v) is 2.50. The van der Waals surface area contributed by atoms with E-state index in [-0.39, 0.29) is 5.91 Å². The molecule has 1 aromatic rings. The lowest BCUT2D eigenvalue weighted by Crippen LogP contribution is -2.48. The molecular weight excluding hydrogens is 238 g/mol. The highest BCUT2D eigenvalue weighted by Crippen LogP contribution is 2.27. The zero-order chi connectivity index (χ0) is 13.7. The van der Waals surface area contributed by atoms with Crippen molar-refractivity contribution < 1.29 is 4.79 Å². The van der Waals surface area contributed by atoms with Crippen LogP contribution >= 0.6 is 0 Å². The van der Waals surface area contributed by atoms with Crippen molar-refractivity contribution >= 4 is 5.91 Å². The fraction of sp³-hybridized carbons (Fsp3) is 0.467. The van der Waals surface area contributed by atoms with Crippen molar-refractivity contribution in [2.75, 3.05) is 0 Å². The molecule has 0 heterocycles. The van der Waals surface area contributed by atoms with Crippen molar-refractivity contribution in [1.29, 1.82) is 5.26 Å². The van der Waals surface area contributed by atoms with Crippen LogP contribution in [0.5, 0.6) is 0 Å². The summed E-state index contributed by atoms with van der Waals surface area (Å²) in [6, 6.07) is 9.48. The van der Waals surface area contributed by atoms with Crippen molar-refractivity contribution in [3.05, 3.63) is 35.4 Å². The smallest absolute Gasteiger partial charge is 0.252 e. The molecule has 19 heavy (non-hydrogen) atoms. The van der Waals surface area contributed by atoms with Crippen LogP contribution in [0, 0.1) is 11.3 Å². The number of nitriles is 1. The van der Waals surface area contributed by atoms with Crippen LogP contribution in [0.2, 0.25) is 0 Å². The van der Waals surface area contributed by atoms with E-state index in [1.54, 1.807) is 12.1 Å². The zero-order valence-corrected chi connectivity index (χ0v) is 11.0. The van der Waals surface area contributed by atoms with Crippen molar-refractivity contribution in [1.82, 2.24) is 5.32 Å². The second kappa shape index (κ2) is 5.85. The van der Waals surface area contributed by atoms with E-state index >= 15 is 0 Å². The lowest BCUT2D eigenvalue weighted by Gasteiger charge is -2.31. The average Bonchev–Trinajstić information content (AvgIpc) is 2.48. The van der Waals surface area contributed by atoms with E-state index in [1.807, 2.05) is 12.1 Å². The Bertz CT molecular complexity index is 481. The number of hydrogen-bond acceptors (Lipinski definition) is 3. The monoisotopic (exact) mass is 257 g/mol. The number of nitrogens with zero attached hydrogens (tertiary/aromatic N) is 1. The van der Waals surface area contributed by atoms with Gasteiger partial charge in [0.1, 0.15) is 5.54 Å². The second-order valence-electron chi connectivity index (χ2n) is 5.11. The molecule has 4 nitrogen and oxygen atoms in total.